The van der Waals surface area contributed by atoms with Crippen molar-refractivity contribution in [2.75, 3.05) is 12.1 Å². The standard InChI is InChI=1S/C19H13BrF2N2O2S/c1-9(16-13(21)4-3-5-14(16)22)23-19-24-10(2)18(27-19)11-6-12(20)17-15(7-11)25-8-26-17/h3-7H,1,8H2,2H3,(H,23,24). The number of aryl methyl sites for hydroxylation is 1. The summed E-state index contributed by atoms with van der Waals surface area (Å²) < 4.78 is 39.5. The van der Waals surface area contributed by atoms with Gasteiger partial charge >= 0.3 is 0 Å². The van der Waals surface area contributed by atoms with Crippen LogP contribution in [0.5, 0.6) is 11.5 Å². The highest BCUT2D eigenvalue weighted by Crippen LogP contribution is 2.44. The van der Waals surface area contributed by atoms with Crippen LogP contribution in [0.15, 0.2) is 41.4 Å². The van der Waals surface area contributed by atoms with Crippen LogP contribution >= 0.6 is 27.3 Å². The number of nitrogens with one attached hydrogen (secondary N) is 1. The second-order valence-corrected chi connectivity index (χ2v) is 7.68. The van der Waals surface area contributed by atoms with Gasteiger partial charge in [0.2, 0.25) is 6.79 Å². The average molecular weight is 451 g/mol. The van der Waals surface area contributed by atoms with E-state index in [9.17, 15) is 8.78 Å². The van der Waals surface area contributed by atoms with Crippen LogP contribution in [-0.4, -0.2) is 11.8 Å². The molecular formula is C19H13BrF2N2O2S. The maximum Gasteiger partial charge on any atom is 0.231 e. The van der Waals surface area contributed by atoms with Crippen molar-refractivity contribution >= 4 is 38.1 Å². The van der Waals surface area contributed by atoms with E-state index in [1.54, 1.807) is 0 Å². The lowest BCUT2D eigenvalue weighted by atomic mass is 10.1. The van der Waals surface area contributed by atoms with Gasteiger partial charge in [0.25, 0.3) is 0 Å². The Labute approximate surface area is 166 Å². The van der Waals surface area contributed by atoms with Gasteiger partial charge < -0.3 is 14.8 Å². The Hall–Kier alpha value is -2.45. The maximum atomic E-state index is 13.9. The molecule has 0 saturated carbocycles. The molecule has 138 valence electrons. The fraction of sp³-hybridized carbons (Fsp3) is 0.105. The molecule has 1 aliphatic rings. The van der Waals surface area contributed by atoms with Crippen LogP contribution in [-0.2, 0) is 0 Å². The van der Waals surface area contributed by atoms with E-state index >= 15 is 0 Å². The molecule has 1 aromatic heterocycles. The number of anilines is 1. The van der Waals surface area contributed by atoms with Crippen LogP contribution in [0.25, 0.3) is 16.1 Å². The summed E-state index contributed by atoms with van der Waals surface area (Å²) >= 11 is 4.84. The van der Waals surface area contributed by atoms with Crippen molar-refractivity contribution < 1.29 is 18.3 Å². The number of nitrogens with zero attached hydrogens (tertiary/aromatic N) is 1. The predicted molar refractivity (Wildman–Crippen MR) is 105 cm³/mol. The minimum Gasteiger partial charge on any atom is -0.454 e. The van der Waals surface area contributed by atoms with Crippen molar-refractivity contribution in [1.29, 1.82) is 0 Å². The highest BCUT2D eigenvalue weighted by molar-refractivity contribution is 9.10. The van der Waals surface area contributed by atoms with Crippen molar-refractivity contribution in [1.82, 2.24) is 4.98 Å². The molecule has 2 aromatic carbocycles. The van der Waals surface area contributed by atoms with Gasteiger partial charge in [-0.2, -0.15) is 0 Å². The van der Waals surface area contributed by atoms with E-state index in [0.717, 1.165) is 20.6 Å². The molecule has 1 N–H and O–H groups in total. The summed E-state index contributed by atoms with van der Waals surface area (Å²) in [6, 6.07) is 7.48. The molecule has 0 saturated heterocycles. The number of hydrogen-bond acceptors (Lipinski definition) is 5. The molecule has 0 aliphatic carbocycles. The first-order valence-electron chi connectivity index (χ1n) is 7.91. The molecular weight excluding hydrogens is 438 g/mol. The van der Waals surface area contributed by atoms with E-state index in [0.29, 0.717) is 16.6 Å². The Bertz CT molecular complexity index is 1050. The molecule has 4 rings (SSSR count). The molecule has 0 spiro atoms. The monoisotopic (exact) mass is 450 g/mol. The minimum atomic E-state index is -0.680. The van der Waals surface area contributed by atoms with Crippen molar-refractivity contribution in [2.24, 2.45) is 0 Å². The number of benzene rings is 2. The van der Waals surface area contributed by atoms with Crippen molar-refractivity contribution in [3.63, 3.8) is 0 Å². The second kappa shape index (κ2) is 6.94. The van der Waals surface area contributed by atoms with Crippen LogP contribution in [0.4, 0.5) is 13.9 Å². The van der Waals surface area contributed by atoms with Crippen molar-refractivity contribution in [3.8, 4) is 21.9 Å². The van der Waals surface area contributed by atoms with E-state index in [2.05, 4.69) is 32.8 Å². The third kappa shape index (κ3) is 3.30. The number of halogens is 3. The second-order valence-electron chi connectivity index (χ2n) is 5.83. The highest BCUT2D eigenvalue weighted by Gasteiger charge is 2.21. The fourth-order valence-corrected chi connectivity index (χ4v) is 4.33. The highest BCUT2D eigenvalue weighted by atomic mass is 79.9. The van der Waals surface area contributed by atoms with Gasteiger partial charge in [0.05, 0.1) is 20.6 Å². The van der Waals surface area contributed by atoms with E-state index in [4.69, 9.17) is 9.47 Å². The van der Waals surface area contributed by atoms with Crippen molar-refractivity contribution in [3.05, 3.63) is 64.3 Å². The van der Waals surface area contributed by atoms with E-state index in [-0.39, 0.29) is 18.1 Å². The molecule has 0 atom stereocenters. The number of thiazole rings is 1. The topological polar surface area (TPSA) is 43.4 Å². The number of ether oxygens (including phenoxy) is 2. The number of rotatable bonds is 4. The zero-order chi connectivity index (χ0) is 19.1. The zero-order valence-corrected chi connectivity index (χ0v) is 16.5. The number of aromatic nitrogens is 1. The van der Waals surface area contributed by atoms with Gasteiger partial charge in [-0.1, -0.05) is 24.0 Å². The molecule has 0 fully saturated rings. The molecule has 0 bridgehead atoms. The molecule has 27 heavy (non-hydrogen) atoms. The fourth-order valence-electron chi connectivity index (χ4n) is 2.79. The molecule has 2 heterocycles. The van der Waals surface area contributed by atoms with Crippen LogP contribution in [0, 0.1) is 18.6 Å². The molecule has 1 aliphatic heterocycles. The smallest absolute Gasteiger partial charge is 0.231 e. The first kappa shape index (κ1) is 17.9. The summed E-state index contributed by atoms with van der Waals surface area (Å²) in [5, 5.41) is 3.39. The normalized spacial score (nSPS) is 12.3. The largest absolute Gasteiger partial charge is 0.454 e. The Balaban J connectivity index is 1.65. The lowest BCUT2D eigenvalue weighted by molar-refractivity contribution is 0.173. The summed E-state index contributed by atoms with van der Waals surface area (Å²) in [5.74, 6) is -0.0383. The lowest BCUT2D eigenvalue weighted by Gasteiger charge is -2.09. The SMILES string of the molecule is C=C(Nc1nc(C)c(-c2cc(Br)c3c(c2)OCO3)s1)c1c(F)cccc1F. The average Bonchev–Trinajstić information content (AvgIpc) is 3.21. The van der Waals surface area contributed by atoms with Gasteiger partial charge in [-0.15, -0.1) is 0 Å². The molecule has 4 nitrogen and oxygen atoms in total. The zero-order valence-electron chi connectivity index (χ0n) is 14.1. The van der Waals surface area contributed by atoms with Crippen LogP contribution in [0.2, 0.25) is 0 Å². The Morgan fingerprint density at radius 2 is 2.00 bits per heavy atom. The van der Waals surface area contributed by atoms with E-state index < -0.39 is 11.6 Å². The molecule has 0 amide bonds. The molecule has 8 heteroatoms. The number of fused-ring (bicyclic) bond motifs is 1. The summed E-state index contributed by atoms with van der Waals surface area (Å²) in [6.07, 6.45) is 0. The minimum absolute atomic E-state index is 0.109. The van der Waals surface area contributed by atoms with E-state index in [1.807, 2.05) is 19.1 Å². The summed E-state index contributed by atoms with van der Waals surface area (Å²) in [6.45, 7) is 5.79. The summed E-state index contributed by atoms with van der Waals surface area (Å²) in [5.41, 5.74) is 1.59. The lowest BCUT2D eigenvalue weighted by Crippen LogP contribution is -2.02. The van der Waals surface area contributed by atoms with Crippen LogP contribution < -0.4 is 14.8 Å². The van der Waals surface area contributed by atoms with E-state index in [1.165, 1.54) is 29.5 Å². The third-order valence-electron chi connectivity index (χ3n) is 4.01. The Kier molecular flexibility index (Phi) is 4.61. The van der Waals surface area contributed by atoms with Gasteiger partial charge in [-0.05, 0) is 52.7 Å². The molecule has 0 radical (unpaired) electrons. The van der Waals surface area contributed by atoms with Gasteiger partial charge in [-0.25, -0.2) is 13.8 Å². The van der Waals surface area contributed by atoms with Crippen LogP contribution in [0.3, 0.4) is 0 Å². The van der Waals surface area contributed by atoms with Gasteiger partial charge in [0.15, 0.2) is 16.6 Å². The Morgan fingerprint density at radius 3 is 2.74 bits per heavy atom. The molecule has 3 aromatic rings. The molecule has 0 unspecified atom stereocenters. The summed E-state index contributed by atoms with van der Waals surface area (Å²) in [7, 11) is 0. The van der Waals surface area contributed by atoms with Gasteiger partial charge in [0.1, 0.15) is 11.6 Å². The van der Waals surface area contributed by atoms with Gasteiger partial charge in [-0.3, -0.25) is 0 Å². The first-order valence-corrected chi connectivity index (χ1v) is 9.52. The summed E-state index contributed by atoms with van der Waals surface area (Å²) in [4.78, 5) is 5.35. The van der Waals surface area contributed by atoms with Gasteiger partial charge in [0, 0.05) is 5.70 Å². The Morgan fingerprint density at radius 1 is 1.26 bits per heavy atom. The first-order chi connectivity index (χ1) is 12.9. The number of hydrogen-bond donors (Lipinski definition) is 1. The van der Waals surface area contributed by atoms with Crippen LogP contribution in [0.1, 0.15) is 11.3 Å². The van der Waals surface area contributed by atoms with Crippen molar-refractivity contribution in [2.45, 2.75) is 6.92 Å². The third-order valence-corrected chi connectivity index (χ3v) is 5.72. The predicted octanol–water partition coefficient (Wildman–Crippen LogP) is 5.97. The maximum absolute atomic E-state index is 13.9. The quantitative estimate of drug-likeness (QED) is 0.531.